The zero-order valence-corrected chi connectivity index (χ0v) is 11.2. The summed E-state index contributed by atoms with van der Waals surface area (Å²) in [6.07, 6.45) is -10.8. The topological polar surface area (TPSA) is 12.0 Å². The van der Waals surface area contributed by atoms with E-state index in [4.69, 9.17) is 0 Å². The molecular weight excluding hydrogens is 340 g/mol. The van der Waals surface area contributed by atoms with E-state index in [1.165, 1.54) is 24.3 Å². The van der Waals surface area contributed by atoms with Gasteiger partial charge in [0.1, 0.15) is 0 Å². The maximum Gasteiger partial charge on any atom is 0.402 e. The number of rotatable bonds is 3. The van der Waals surface area contributed by atoms with E-state index < -0.39 is 24.3 Å². The molecule has 0 fully saturated rings. The minimum atomic E-state index is -5.38. The van der Waals surface area contributed by atoms with Crippen molar-refractivity contribution >= 4 is 15.9 Å². The molecule has 0 amide bonds. The third-order valence-electron chi connectivity index (χ3n) is 2.58. The van der Waals surface area contributed by atoms with Gasteiger partial charge < -0.3 is 5.32 Å². The second-order valence-electron chi connectivity index (χ2n) is 3.88. The molecule has 0 heterocycles. The monoisotopic (exact) mass is 349 g/mol. The fourth-order valence-electron chi connectivity index (χ4n) is 1.76. The van der Waals surface area contributed by atoms with E-state index in [2.05, 4.69) is 21.2 Å². The summed E-state index contributed by atoms with van der Waals surface area (Å²) in [4.78, 5) is 0. The van der Waals surface area contributed by atoms with Crippen LogP contribution < -0.4 is 5.32 Å². The Balaban J connectivity index is 3.21. The van der Waals surface area contributed by atoms with Crippen molar-refractivity contribution in [2.45, 2.75) is 18.4 Å². The molecule has 19 heavy (non-hydrogen) atoms. The molecule has 0 saturated heterocycles. The zero-order chi connectivity index (χ0) is 14.8. The molecule has 1 rings (SSSR count). The lowest BCUT2D eigenvalue weighted by Crippen LogP contribution is -2.45. The first-order chi connectivity index (χ1) is 8.57. The largest absolute Gasteiger partial charge is 0.402 e. The number of benzene rings is 1. The van der Waals surface area contributed by atoms with E-state index in [0.717, 1.165) is 7.05 Å². The van der Waals surface area contributed by atoms with Gasteiger partial charge in [0.25, 0.3) is 0 Å². The van der Waals surface area contributed by atoms with Crippen LogP contribution in [0.25, 0.3) is 0 Å². The molecule has 0 saturated carbocycles. The third-order valence-corrected chi connectivity index (χ3v) is 3.11. The molecular formula is C11H10BrF6N. The van der Waals surface area contributed by atoms with Crippen LogP contribution in [0.5, 0.6) is 0 Å². The minimum absolute atomic E-state index is 0.0784. The second-order valence-corrected chi connectivity index (χ2v) is 4.79. The van der Waals surface area contributed by atoms with Crippen molar-refractivity contribution in [3.8, 4) is 0 Å². The summed E-state index contributed by atoms with van der Waals surface area (Å²) >= 11 is 3.07. The lowest BCUT2D eigenvalue weighted by atomic mass is 9.92. The first-order valence-corrected chi connectivity index (χ1v) is 5.93. The lowest BCUT2D eigenvalue weighted by Gasteiger charge is -2.30. The van der Waals surface area contributed by atoms with Gasteiger partial charge in [-0.1, -0.05) is 28.1 Å². The van der Waals surface area contributed by atoms with Crippen LogP contribution >= 0.6 is 15.9 Å². The highest BCUT2D eigenvalue weighted by molar-refractivity contribution is 9.10. The summed E-state index contributed by atoms with van der Waals surface area (Å²) in [5.74, 6) is -3.45. The molecule has 0 aliphatic heterocycles. The van der Waals surface area contributed by atoms with Crippen LogP contribution in [0.2, 0.25) is 0 Å². The van der Waals surface area contributed by atoms with Gasteiger partial charge in [-0.25, -0.2) is 0 Å². The molecule has 0 bridgehead atoms. The van der Waals surface area contributed by atoms with Crippen molar-refractivity contribution < 1.29 is 26.3 Å². The van der Waals surface area contributed by atoms with E-state index in [0.29, 0.717) is 4.47 Å². The molecule has 0 aliphatic carbocycles. The van der Waals surface area contributed by atoms with Crippen LogP contribution in [0.3, 0.4) is 0 Å². The van der Waals surface area contributed by atoms with E-state index in [1.807, 2.05) is 0 Å². The Morgan fingerprint density at radius 3 is 1.68 bits per heavy atom. The maximum absolute atomic E-state index is 12.6. The van der Waals surface area contributed by atoms with Crippen LogP contribution in [-0.2, 0) is 0 Å². The van der Waals surface area contributed by atoms with E-state index in [-0.39, 0.29) is 5.56 Å². The molecule has 1 unspecified atom stereocenters. The minimum Gasteiger partial charge on any atom is -0.312 e. The van der Waals surface area contributed by atoms with Gasteiger partial charge in [-0.15, -0.1) is 0 Å². The highest BCUT2D eigenvalue weighted by Crippen LogP contribution is 2.46. The first kappa shape index (κ1) is 16.3. The van der Waals surface area contributed by atoms with Crippen LogP contribution in [0.1, 0.15) is 11.6 Å². The number of nitrogens with one attached hydrogen (secondary N) is 1. The van der Waals surface area contributed by atoms with Gasteiger partial charge in [0.2, 0.25) is 0 Å². The summed E-state index contributed by atoms with van der Waals surface area (Å²) in [5.41, 5.74) is -0.0784. The molecule has 1 aromatic carbocycles. The highest BCUT2D eigenvalue weighted by Gasteiger charge is 2.60. The lowest BCUT2D eigenvalue weighted by molar-refractivity contribution is -0.292. The van der Waals surface area contributed by atoms with Crippen molar-refractivity contribution in [2.24, 2.45) is 5.92 Å². The van der Waals surface area contributed by atoms with Crippen molar-refractivity contribution in [1.29, 1.82) is 0 Å². The number of hydrogen-bond donors (Lipinski definition) is 1. The summed E-state index contributed by atoms with van der Waals surface area (Å²) in [6.45, 7) is 0. The van der Waals surface area contributed by atoms with Gasteiger partial charge >= 0.3 is 12.4 Å². The summed E-state index contributed by atoms with van der Waals surface area (Å²) in [7, 11) is 1.07. The molecule has 8 heteroatoms. The average molecular weight is 350 g/mol. The van der Waals surface area contributed by atoms with E-state index in [1.54, 1.807) is 0 Å². The van der Waals surface area contributed by atoms with E-state index >= 15 is 0 Å². The highest BCUT2D eigenvalue weighted by atomic mass is 79.9. The molecule has 0 spiro atoms. The van der Waals surface area contributed by atoms with Gasteiger partial charge in [0.15, 0.2) is 5.92 Å². The third kappa shape index (κ3) is 4.10. The Morgan fingerprint density at radius 2 is 1.37 bits per heavy atom. The maximum atomic E-state index is 12.6. The van der Waals surface area contributed by atoms with Gasteiger partial charge in [-0.2, -0.15) is 26.3 Å². The van der Waals surface area contributed by atoms with Crippen LogP contribution in [0, 0.1) is 5.92 Å². The fourth-order valence-corrected chi connectivity index (χ4v) is 2.02. The predicted molar refractivity (Wildman–Crippen MR) is 61.5 cm³/mol. The fraction of sp³-hybridized carbons (Fsp3) is 0.455. The van der Waals surface area contributed by atoms with Crippen molar-refractivity contribution in [1.82, 2.24) is 5.32 Å². The molecule has 0 radical (unpaired) electrons. The Kier molecular flexibility index (Phi) is 4.89. The van der Waals surface area contributed by atoms with Crippen molar-refractivity contribution in [2.75, 3.05) is 7.05 Å². The molecule has 1 N–H and O–H groups in total. The van der Waals surface area contributed by atoms with Crippen LogP contribution in [0.4, 0.5) is 26.3 Å². The summed E-state index contributed by atoms with van der Waals surface area (Å²) in [6, 6.07) is 3.34. The van der Waals surface area contributed by atoms with Crippen LogP contribution in [0.15, 0.2) is 28.7 Å². The van der Waals surface area contributed by atoms with E-state index in [9.17, 15) is 26.3 Å². The second kappa shape index (κ2) is 5.70. The van der Waals surface area contributed by atoms with Gasteiger partial charge in [0, 0.05) is 4.47 Å². The first-order valence-electron chi connectivity index (χ1n) is 5.13. The Hall–Kier alpha value is -0.760. The van der Waals surface area contributed by atoms with Crippen molar-refractivity contribution in [3.63, 3.8) is 0 Å². The van der Waals surface area contributed by atoms with Crippen molar-refractivity contribution in [3.05, 3.63) is 34.3 Å². The Bertz CT molecular complexity index is 397. The summed E-state index contributed by atoms with van der Waals surface area (Å²) in [5, 5.41) is 2.10. The van der Waals surface area contributed by atoms with Gasteiger partial charge in [-0.3, -0.25) is 0 Å². The smallest absolute Gasteiger partial charge is 0.312 e. The number of hydrogen-bond acceptors (Lipinski definition) is 1. The molecule has 1 aromatic rings. The zero-order valence-electron chi connectivity index (χ0n) is 9.61. The average Bonchev–Trinajstić information content (AvgIpc) is 2.23. The standard InChI is InChI=1S/C11H10BrF6N/c1-19-8(6-2-4-7(12)5-3-6)9(10(13,14)15)11(16,17)18/h2-5,8-9,19H,1H3. The molecule has 108 valence electrons. The quantitative estimate of drug-likeness (QED) is 0.795. The van der Waals surface area contributed by atoms with Gasteiger partial charge in [-0.05, 0) is 24.7 Å². The molecule has 0 aromatic heterocycles. The SMILES string of the molecule is CNC(c1ccc(Br)cc1)C(C(F)(F)F)C(F)(F)F. The Labute approximate surface area is 114 Å². The molecule has 0 aliphatic rings. The molecule has 1 atom stereocenters. The normalized spacial score (nSPS) is 14.8. The number of alkyl halides is 6. The molecule has 1 nitrogen and oxygen atoms in total. The van der Waals surface area contributed by atoms with Crippen LogP contribution in [-0.4, -0.2) is 19.4 Å². The van der Waals surface area contributed by atoms with Gasteiger partial charge in [0.05, 0.1) is 6.04 Å². The number of halogens is 7. The summed E-state index contributed by atoms with van der Waals surface area (Å²) < 4.78 is 76.5. The predicted octanol–water partition coefficient (Wildman–Crippen LogP) is 4.45. The Morgan fingerprint density at radius 1 is 0.947 bits per heavy atom.